The van der Waals surface area contributed by atoms with Crippen molar-refractivity contribution in [1.29, 1.82) is 0 Å². The van der Waals surface area contributed by atoms with E-state index in [-0.39, 0.29) is 6.42 Å². The highest BCUT2D eigenvalue weighted by atomic mass is 32.2. The van der Waals surface area contributed by atoms with Crippen LogP contribution in [0.1, 0.15) is 19.3 Å². The Morgan fingerprint density at radius 1 is 1.29 bits per heavy atom. The van der Waals surface area contributed by atoms with Crippen molar-refractivity contribution in [2.75, 3.05) is 11.5 Å². The number of hydrogen-bond acceptors (Lipinski definition) is 4. The van der Waals surface area contributed by atoms with Gasteiger partial charge in [-0.25, -0.2) is 0 Å². The molecule has 6 heteroatoms. The van der Waals surface area contributed by atoms with E-state index in [9.17, 15) is 9.59 Å². The van der Waals surface area contributed by atoms with Crippen LogP contribution >= 0.6 is 11.8 Å². The predicted molar refractivity (Wildman–Crippen MR) is 54.4 cm³/mol. The summed E-state index contributed by atoms with van der Waals surface area (Å²) in [4.78, 5) is 20.4. The minimum Gasteiger partial charge on any atom is -0.481 e. The van der Waals surface area contributed by atoms with Gasteiger partial charge in [0.25, 0.3) is 0 Å². The van der Waals surface area contributed by atoms with E-state index in [0.717, 1.165) is 5.75 Å². The summed E-state index contributed by atoms with van der Waals surface area (Å²) in [5.74, 6) is -0.393. The van der Waals surface area contributed by atoms with Gasteiger partial charge in [-0.1, -0.05) is 0 Å². The predicted octanol–water partition coefficient (Wildman–Crippen LogP) is 0.386. The van der Waals surface area contributed by atoms with Gasteiger partial charge in [0.2, 0.25) is 0 Å². The number of aliphatic carboxylic acids is 2. The van der Waals surface area contributed by atoms with Crippen LogP contribution in [0, 0.1) is 0 Å². The summed E-state index contributed by atoms with van der Waals surface area (Å²) in [6.07, 6.45) is 1.20. The summed E-state index contributed by atoms with van der Waals surface area (Å²) in [6, 6.07) is -0.804. The Morgan fingerprint density at radius 2 is 1.93 bits per heavy atom. The van der Waals surface area contributed by atoms with Crippen LogP contribution in [0.4, 0.5) is 0 Å². The number of carboxylic acids is 2. The minimum atomic E-state index is -0.990. The van der Waals surface area contributed by atoms with Crippen LogP contribution in [0.15, 0.2) is 0 Å². The van der Waals surface area contributed by atoms with E-state index in [1.165, 1.54) is 11.8 Å². The van der Waals surface area contributed by atoms with Gasteiger partial charge in [0.1, 0.15) is 6.04 Å². The smallest absolute Gasteiger partial charge is 0.320 e. The SMILES string of the molecule is N[C@@H](CCSCCCC(=O)O)C(=O)O. The Morgan fingerprint density at radius 3 is 2.43 bits per heavy atom. The first-order chi connectivity index (χ1) is 6.54. The Bertz CT molecular complexity index is 198. The van der Waals surface area contributed by atoms with E-state index in [1.54, 1.807) is 0 Å². The zero-order valence-corrected chi connectivity index (χ0v) is 8.63. The molecule has 1 atom stereocenters. The molecule has 0 heterocycles. The van der Waals surface area contributed by atoms with Crippen molar-refractivity contribution in [3.8, 4) is 0 Å². The fourth-order valence-electron chi connectivity index (χ4n) is 0.761. The van der Waals surface area contributed by atoms with Crippen LogP contribution in [0.25, 0.3) is 0 Å². The molecule has 0 fully saturated rings. The van der Waals surface area contributed by atoms with Gasteiger partial charge < -0.3 is 15.9 Å². The van der Waals surface area contributed by atoms with Gasteiger partial charge in [-0.05, 0) is 24.3 Å². The summed E-state index contributed by atoms with van der Waals surface area (Å²) in [5, 5.41) is 16.8. The van der Waals surface area contributed by atoms with Crippen LogP contribution in [0.3, 0.4) is 0 Å². The molecule has 0 spiro atoms. The summed E-state index contributed by atoms with van der Waals surface area (Å²) in [7, 11) is 0. The van der Waals surface area contributed by atoms with Crippen molar-refractivity contribution in [1.82, 2.24) is 0 Å². The molecule has 0 rings (SSSR count). The third kappa shape index (κ3) is 7.88. The topological polar surface area (TPSA) is 101 Å². The number of carboxylic acid groups (broad SMARTS) is 2. The number of nitrogens with two attached hydrogens (primary N) is 1. The van der Waals surface area contributed by atoms with Gasteiger partial charge >= 0.3 is 11.9 Å². The number of rotatable bonds is 8. The third-order valence-electron chi connectivity index (χ3n) is 1.57. The van der Waals surface area contributed by atoms with E-state index >= 15 is 0 Å². The number of hydrogen-bond donors (Lipinski definition) is 3. The molecule has 0 unspecified atom stereocenters. The Kier molecular flexibility index (Phi) is 7.23. The second kappa shape index (κ2) is 7.64. The maximum absolute atomic E-state index is 10.3. The first-order valence-electron chi connectivity index (χ1n) is 4.32. The number of thioether (sulfide) groups is 1. The highest BCUT2D eigenvalue weighted by Gasteiger charge is 2.09. The second-order valence-corrected chi connectivity index (χ2v) is 4.07. The Labute approximate surface area is 86.7 Å². The van der Waals surface area contributed by atoms with Crippen LogP contribution < -0.4 is 5.73 Å². The highest BCUT2D eigenvalue weighted by Crippen LogP contribution is 2.07. The van der Waals surface area contributed by atoms with Crippen LogP contribution in [-0.4, -0.2) is 39.7 Å². The lowest BCUT2D eigenvalue weighted by atomic mass is 10.2. The molecular formula is C8H15NO4S. The van der Waals surface area contributed by atoms with Gasteiger partial charge in [-0.15, -0.1) is 0 Å². The van der Waals surface area contributed by atoms with Crippen LogP contribution in [0.5, 0.6) is 0 Å². The van der Waals surface area contributed by atoms with Gasteiger partial charge in [-0.3, -0.25) is 9.59 Å². The highest BCUT2D eigenvalue weighted by molar-refractivity contribution is 7.99. The summed E-state index contributed by atoms with van der Waals surface area (Å²) in [5.41, 5.74) is 5.27. The zero-order valence-electron chi connectivity index (χ0n) is 7.81. The molecule has 0 aromatic carbocycles. The molecule has 0 aromatic heterocycles. The lowest BCUT2D eigenvalue weighted by Crippen LogP contribution is -2.30. The quantitative estimate of drug-likeness (QED) is 0.512. The molecule has 0 radical (unpaired) electrons. The molecule has 0 bridgehead atoms. The molecule has 4 N–H and O–H groups in total. The Balaban J connectivity index is 3.21. The fraction of sp³-hybridized carbons (Fsp3) is 0.750. The molecule has 5 nitrogen and oxygen atoms in total. The lowest BCUT2D eigenvalue weighted by Gasteiger charge is -2.04. The Hall–Kier alpha value is -0.750. The van der Waals surface area contributed by atoms with E-state index in [4.69, 9.17) is 15.9 Å². The maximum Gasteiger partial charge on any atom is 0.320 e. The van der Waals surface area contributed by atoms with Gasteiger partial charge in [0.15, 0.2) is 0 Å². The molecule has 0 aliphatic rings. The molecule has 0 amide bonds. The monoisotopic (exact) mass is 221 g/mol. The molecule has 14 heavy (non-hydrogen) atoms. The molecule has 0 saturated carbocycles. The normalized spacial score (nSPS) is 12.4. The van der Waals surface area contributed by atoms with Crippen molar-refractivity contribution in [3.05, 3.63) is 0 Å². The van der Waals surface area contributed by atoms with Crippen molar-refractivity contribution >= 4 is 23.7 Å². The minimum absolute atomic E-state index is 0.165. The van der Waals surface area contributed by atoms with E-state index in [1.807, 2.05) is 0 Å². The number of carbonyl (C=O) groups is 2. The average Bonchev–Trinajstić information content (AvgIpc) is 2.09. The maximum atomic E-state index is 10.3. The molecule has 0 aliphatic heterocycles. The van der Waals surface area contributed by atoms with Gasteiger partial charge in [-0.2, -0.15) is 11.8 Å². The van der Waals surface area contributed by atoms with Crippen molar-refractivity contribution in [3.63, 3.8) is 0 Å². The lowest BCUT2D eigenvalue weighted by molar-refractivity contribution is -0.139. The molecular weight excluding hydrogens is 206 g/mol. The van der Waals surface area contributed by atoms with Crippen molar-refractivity contribution in [2.45, 2.75) is 25.3 Å². The van der Waals surface area contributed by atoms with Crippen molar-refractivity contribution in [2.24, 2.45) is 5.73 Å². The summed E-state index contributed by atoms with van der Waals surface area (Å²) >= 11 is 1.53. The summed E-state index contributed by atoms with van der Waals surface area (Å²) in [6.45, 7) is 0. The third-order valence-corrected chi connectivity index (χ3v) is 2.67. The molecule has 0 saturated heterocycles. The first kappa shape index (κ1) is 13.2. The van der Waals surface area contributed by atoms with Crippen LogP contribution in [-0.2, 0) is 9.59 Å². The van der Waals surface area contributed by atoms with Gasteiger partial charge in [0, 0.05) is 6.42 Å². The van der Waals surface area contributed by atoms with Crippen LogP contribution in [0.2, 0.25) is 0 Å². The van der Waals surface area contributed by atoms with Gasteiger partial charge in [0.05, 0.1) is 0 Å². The zero-order chi connectivity index (χ0) is 11.0. The molecule has 0 aromatic rings. The summed E-state index contributed by atoms with van der Waals surface area (Å²) < 4.78 is 0. The second-order valence-electron chi connectivity index (χ2n) is 2.84. The fourth-order valence-corrected chi connectivity index (χ4v) is 1.73. The average molecular weight is 221 g/mol. The largest absolute Gasteiger partial charge is 0.481 e. The van der Waals surface area contributed by atoms with Crippen molar-refractivity contribution < 1.29 is 19.8 Å². The standard InChI is InChI=1S/C8H15NO4S/c9-6(8(12)13)3-5-14-4-1-2-7(10)11/h6H,1-5,9H2,(H,10,11)(H,12,13)/t6-/m0/s1. The van der Waals surface area contributed by atoms with E-state index in [0.29, 0.717) is 18.6 Å². The van der Waals surface area contributed by atoms with E-state index in [2.05, 4.69) is 0 Å². The molecule has 82 valence electrons. The molecule has 0 aliphatic carbocycles. The van der Waals surface area contributed by atoms with E-state index < -0.39 is 18.0 Å². The first-order valence-corrected chi connectivity index (χ1v) is 5.47.